The molecule has 5 nitrogen and oxygen atoms in total. The highest BCUT2D eigenvalue weighted by Crippen LogP contribution is 2.58. The standard InChI is InChI=1S/C32H25F3NO4/c1-20-5-4-6-22(13-20)17-36(16-21-9-11-23(12-10-21)32(33,34)35)26-8-3-2-7-24(26)31(30(36)37)18-38-27-15-29-28(14-25(27)31)39-19-40-29/h2-15H,16-19H2,1H3/q+1. The van der Waals surface area contributed by atoms with Gasteiger partial charge in [0.1, 0.15) is 31.1 Å². The van der Waals surface area contributed by atoms with E-state index in [-0.39, 0.29) is 30.3 Å². The van der Waals surface area contributed by atoms with Crippen molar-refractivity contribution in [3.63, 3.8) is 0 Å². The van der Waals surface area contributed by atoms with Crippen LogP contribution >= 0.6 is 0 Å². The third kappa shape index (κ3) is 3.55. The molecule has 1 amide bonds. The number of amides is 1. The maximum atomic E-state index is 15.1. The number of fused-ring (bicyclic) bond motifs is 5. The van der Waals surface area contributed by atoms with Crippen LogP contribution in [0.2, 0.25) is 0 Å². The van der Waals surface area contributed by atoms with E-state index in [0.717, 1.165) is 34.5 Å². The molecule has 0 N–H and O–H groups in total. The fraction of sp³-hybridized carbons (Fsp3) is 0.219. The molecule has 7 rings (SSSR count). The Balaban J connectivity index is 1.42. The van der Waals surface area contributed by atoms with Crippen molar-refractivity contribution in [2.75, 3.05) is 13.4 Å². The Labute approximate surface area is 228 Å². The molecule has 4 aromatic rings. The number of quaternary nitrogens is 1. The second-order valence-corrected chi connectivity index (χ2v) is 10.7. The highest BCUT2D eigenvalue weighted by molar-refractivity contribution is 6.08. The number of benzene rings is 4. The molecule has 0 aromatic heterocycles. The highest BCUT2D eigenvalue weighted by Gasteiger charge is 2.66. The monoisotopic (exact) mass is 544 g/mol. The molecular formula is C32H25F3NO4+. The van der Waals surface area contributed by atoms with Crippen molar-refractivity contribution in [3.8, 4) is 17.2 Å². The summed E-state index contributed by atoms with van der Waals surface area (Å²) < 4.78 is 57.3. The minimum Gasteiger partial charge on any atom is -0.491 e. The molecule has 3 aliphatic heterocycles. The summed E-state index contributed by atoms with van der Waals surface area (Å²) in [6.07, 6.45) is -4.44. The third-order valence-corrected chi connectivity index (χ3v) is 8.23. The van der Waals surface area contributed by atoms with Crippen LogP contribution in [0.5, 0.6) is 17.2 Å². The molecule has 1 spiro atoms. The van der Waals surface area contributed by atoms with Gasteiger partial charge in [0.15, 0.2) is 16.9 Å². The Hall–Kier alpha value is -4.30. The zero-order chi connectivity index (χ0) is 27.7. The SMILES string of the molecule is Cc1cccc(C[N+]2(Cc3ccc(C(F)(F)F)cc3)C(=O)C3(COc4cc5c(cc43)OCO5)c3ccccc32)c1. The number of carbonyl (C=O) groups is 1. The van der Waals surface area contributed by atoms with Crippen LogP contribution in [-0.4, -0.2) is 19.3 Å². The molecule has 2 atom stereocenters. The van der Waals surface area contributed by atoms with E-state index in [9.17, 15) is 13.2 Å². The van der Waals surface area contributed by atoms with E-state index in [2.05, 4.69) is 0 Å². The van der Waals surface area contributed by atoms with Gasteiger partial charge in [0.25, 0.3) is 0 Å². The van der Waals surface area contributed by atoms with Crippen molar-refractivity contribution >= 4 is 11.6 Å². The van der Waals surface area contributed by atoms with Crippen molar-refractivity contribution in [3.05, 3.63) is 118 Å². The average molecular weight is 545 g/mol. The molecule has 0 radical (unpaired) electrons. The molecule has 202 valence electrons. The van der Waals surface area contributed by atoms with Gasteiger partial charge >= 0.3 is 12.1 Å². The van der Waals surface area contributed by atoms with Gasteiger partial charge in [-0.3, -0.25) is 0 Å². The molecule has 2 unspecified atom stereocenters. The zero-order valence-electron chi connectivity index (χ0n) is 21.6. The molecule has 0 saturated heterocycles. The quantitative estimate of drug-likeness (QED) is 0.269. The first-order chi connectivity index (χ1) is 19.2. The van der Waals surface area contributed by atoms with Crippen molar-refractivity contribution in [1.82, 2.24) is 4.48 Å². The van der Waals surface area contributed by atoms with E-state index in [4.69, 9.17) is 14.2 Å². The summed E-state index contributed by atoms with van der Waals surface area (Å²) in [5.74, 6) is 1.60. The van der Waals surface area contributed by atoms with E-state index < -0.39 is 17.2 Å². The number of halogens is 3. The van der Waals surface area contributed by atoms with E-state index in [1.807, 2.05) is 61.5 Å². The average Bonchev–Trinajstić information content (AvgIpc) is 3.60. The molecule has 40 heavy (non-hydrogen) atoms. The Morgan fingerprint density at radius 3 is 2.25 bits per heavy atom. The van der Waals surface area contributed by atoms with Gasteiger partial charge in [-0.1, -0.05) is 60.2 Å². The summed E-state index contributed by atoms with van der Waals surface area (Å²) in [7, 11) is 0. The van der Waals surface area contributed by atoms with E-state index >= 15 is 4.79 Å². The molecule has 3 aliphatic rings. The number of alkyl halides is 3. The van der Waals surface area contributed by atoms with Crippen molar-refractivity contribution in [2.45, 2.75) is 31.6 Å². The number of para-hydroxylation sites is 1. The normalized spacial score (nSPS) is 22.4. The van der Waals surface area contributed by atoms with Gasteiger partial charge in [0.2, 0.25) is 6.79 Å². The minimum absolute atomic E-state index is 0.0901. The largest absolute Gasteiger partial charge is 0.491 e. The lowest BCUT2D eigenvalue weighted by atomic mass is 9.77. The maximum Gasteiger partial charge on any atom is 0.416 e. The van der Waals surface area contributed by atoms with Crippen LogP contribution in [-0.2, 0) is 29.5 Å². The maximum absolute atomic E-state index is 15.1. The Kier molecular flexibility index (Phi) is 5.31. The number of nitrogens with zero attached hydrogens (tertiary/aromatic N) is 1. The number of rotatable bonds is 4. The van der Waals surface area contributed by atoms with Crippen LogP contribution in [0.3, 0.4) is 0 Å². The first-order valence-corrected chi connectivity index (χ1v) is 13.0. The number of hydrogen-bond acceptors (Lipinski definition) is 4. The summed E-state index contributed by atoms with van der Waals surface area (Å²) in [5.41, 5.74) is 3.17. The summed E-state index contributed by atoms with van der Waals surface area (Å²) in [4.78, 5) is 15.1. The number of hydrogen-bond donors (Lipinski definition) is 0. The predicted octanol–water partition coefficient (Wildman–Crippen LogP) is 6.67. The summed E-state index contributed by atoms with van der Waals surface area (Å²) in [5, 5.41) is 0. The second kappa shape index (κ2) is 8.60. The van der Waals surface area contributed by atoms with Crippen LogP contribution in [0.4, 0.5) is 18.9 Å². The lowest BCUT2D eigenvalue weighted by molar-refractivity contribution is -0.138. The number of carbonyl (C=O) groups excluding carboxylic acids is 1. The van der Waals surface area contributed by atoms with E-state index in [1.54, 1.807) is 6.07 Å². The fourth-order valence-electron chi connectivity index (χ4n) is 6.44. The molecule has 0 fully saturated rings. The van der Waals surface area contributed by atoms with E-state index in [1.165, 1.54) is 12.1 Å². The molecule has 0 bridgehead atoms. The first-order valence-electron chi connectivity index (χ1n) is 13.0. The summed E-state index contributed by atoms with van der Waals surface area (Å²) in [6.45, 7) is 2.72. The zero-order valence-corrected chi connectivity index (χ0v) is 21.6. The highest BCUT2D eigenvalue weighted by atomic mass is 19.4. The second-order valence-electron chi connectivity index (χ2n) is 10.7. The first kappa shape index (κ1) is 24.7. The molecule has 3 heterocycles. The summed E-state index contributed by atoms with van der Waals surface area (Å²) >= 11 is 0. The Morgan fingerprint density at radius 1 is 0.775 bits per heavy atom. The number of ether oxygens (including phenoxy) is 3. The molecule has 8 heteroatoms. The lowest BCUT2D eigenvalue weighted by Gasteiger charge is -2.34. The predicted molar refractivity (Wildman–Crippen MR) is 142 cm³/mol. The van der Waals surface area contributed by atoms with Gasteiger partial charge in [-0.15, -0.1) is 0 Å². The van der Waals surface area contributed by atoms with Crippen LogP contribution in [0.25, 0.3) is 0 Å². The Morgan fingerprint density at radius 2 is 1.50 bits per heavy atom. The minimum atomic E-state index is -4.44. The van der Waals surface area contributed by atoms with Crippen molar-refractivity contribution < 1.29 is 32.2 Å². The van der Waals surface area contributed by atoms with Gasteiger partial charge in [-0.2, -0.15) is 13.2 Å². The van der Waals surface area contributed by atoms with Crippen molar-refractivity contribution in [2.24, 2.45) is 0 Å². The van der Waals surface area contributed by atoms with Crippen LogP contribution in [0.15, 0.2) is 84.9 Å². The van der Waals surface area contributed by atoms with Gasteiger partial charge < -0.3 is 14.2 Å². The molecule has 0 saturated carbocycles. The van der Waals surface area contributed by atoms with Crippen LogP contribution in [0, 0.1) is 6.92 Å². The molecule has 4 aromatic carbocycles. The fourth-order valence-corrected chi connectivity index (χ4v) is 6.44. The number of aryl methyl sites for hydroxylation is 1. The van der Waals surface area contributed by atoms with Gasteiger partial charge in [0.05, 0.1) is 5.56 Å². The smallest absolute Gasteiger partial charge is 0.416 e. The topological polar surface area (TPSA) is 44.8 Å². The third-order valence-electron chi connectivity index (χ3n) is 8.23. The van der Waals surface area contributed by atoms with Crippen LogP contribution < -0.4 is 18.7 Å². The Bertz CT molecular complexity index is 1670. The molecular weight excluding hydrogens is 519 g/mol. The molecule has 0 aliphatic carbocycles. The lowest BCUT2D eigenvalue weighted by Crippen LogP contribution is -2.56. The van der Waals surface area contributed by atoms with Crippen molar-refractivity contribution in [1.29, 1.82) is 0 Å². The van der Waals surface area contributed by atoms with Gasteiger partial charge in [-0.25, -0.2) is 9.28 Å². The van der Waals surface area contributed by atoms with E-state index in [0.29, 0.717) is 34.9 Å². The van der Waals surface area contributed by atoms with Gasteiger partial charge in [-0.05, 0) is 31.2 Å². The van der Waals surface area contributed by atoms with Crippen LogP contribution in [0.1, 0.15) is 33.4 Å². The van der Waals surface area contributed by atoms with Gasteiger partial charge in [0, 0.05) is 28.3 Å². The summed E-state index contributed by atoms with van der Waals surface area (Å²) in [6, 6.07) is 24.4.